The van der Waals surface area contributed by atoms with Crippen molar-refractivity contribution in [2.75, 3.05) is 52.9 Å². The van der Waals surface area contributed by atoms with Crippen molar-refractivity contribution in [2.24, 2.45) is 0 Å². The molecule has 0 saturated carbocycles. The second kappa shape index (κ2) is 30.0. The van der Waals surface area contributed by atoms with E-state index in [0.29, 0.717) is 0 Å². The zero-order chi connectivity index (χ0) is 64.1. The molecule has 30 aliphatic heterocycles. The van der Waals surface area contributed by atoms with Crippen LogP contribution in [0.1, 0.15) is 0 Å². The monoisotopic (exact) mass is 1300 g/mol. The van der Waals surface area contributed by atoms with E-state index in [-0.39, 0.29) is 0 Å². The van der Waals surface area contributed by atoms with E-state index >= 15 is 0 Å². The van der Waals surface area contributed by atoms with E-state index in [4.69, 9.17) is 75.8 Å². The van der Waals surface area contributed by atoms with E-state index < -0.39 is 299 Å². The molecule has 0 aliphatic carbocycles. The van der Waals surface area contributed by atoms with Crippen LogP contribution >= 0.6 is 0 Å². The smallest absolute Gasteiger partial charge is 0.187 e. The third-order valence-electron chi connectivity index (χ3n) is 16.9. The first-order valence-corrected chi connectivity index (χ1v) is 28.1. The predicted octanol–water partition coefficient (Wildman–Crippen LogP) is -17.4. The second-order valence-corrected chi connectivity index (χ2v) is 22.5. The first kappa shape index (κ1) is 70.7. The van der Waals surface area contributed by atoms with Crippen LogP contribution in [0.5, 0.6) is 0 Å². The van der Waals surface area contributed by atoms with Crippen LogP contribution in [0.2, 0.25) is 0 Å². The number of aliphatic hydroxyl groups is 24. The Hall–Kier alpha value is -1.60. The molecular weight excluding hydrogens is 1220 g/mol. The van der Waals surface area contributed by atoms with Gasteiger partial charge in [0.2, 0.25) is 0 Å². The maximum atomic E-state index is 11.4. The van der Waals surface area contributed by atoms with Crippen molar-refractivity contribution in [1.82, 2.24) is 0 Å². The highest BCUT2D eigenvalue weighted by Crippen LogP contribution is 2.40. The van der Waals surface area contributed by atoms with Gasteiger partial charge in [-0.15, -0.1) is 0 Å². The van der Waals surface area contributed by atoms with Crippen molar-refractivity contribution in [1.29, 1.82) is 0 Å². The van der Waals surface area contributed by atoms with Gasteiger partial charge >= 0.3 is 0 Å². The average molecular weight is 1300 g/mol. The molecule has 24 N–H and O–H groups in total. The molecular formula is C48H80O40. The molecule has 30 rings (SSSR count). The summed E-state index contributed by atoms with van der Waals surface area (Å²) in [7, 11) is 0. The Balaban J connectivity index is 0.975. The molecule has 40 nitrogen and oxygen atoms in total. The van der Waals surface area contributed by atoms with Crippen LogP contribution in [0, 0.1) is 0 Å². The Morgan fingerprint density at radius 2 is 0.227 bits per heavy atom. The lowest BCUT2D eigenvalue weighted by Gasteiger charge is -2.50. The number of hydrogen-bond acceptors (Lipinski definition) is 40. The molecule has 0 aromatic rings. The van der Waals surface area contributed by atoms with Gasteiger partial charge < -0.3 is 198 Å². The van der Waals surface area contributed by atoms with Gasteiger partial charge in [0.1, 0.15) is 195 Å². The van der Waals surface area contributed by atoms with Gasteiger partial charge in [0.25, 0.3) is 0 Å². The summed E-state index contributed by atoms with van der Waals surface area (Å²) in [6, 6.07) is 0. The first-order chi connectivity index (χ1) is 41.9. The van der Waals surface area contributed by atoms with Gasteiger partial charge in [-0.3, -0.25) is 0 Å². The summed E-state index contributed by atoms with van der Waals surface area (Å²) in [4.78, 5) is 0. The lowest BCUT2D eigenvalue weighted by atomic mass is 9.94. The molecule has 40 heteroatoms. The van der Waals surface area contributed by atoms with Crippen molar-refractivity contribution in [3.05, 3.63) is 0 Å². The number of hydrogen-bond donors (Lipinski definition) is 24. The minimum atomic E-state index is -2.25. The van der Waals surface area contributed by atoms with Crippen molar-refractivity contribution in [3.8, 4) is 0 Å². The number of rotatable bonds is 8. The van der Waals surface area contributed by atoms with Crippen LogP contribution < -0.4 is 0 Å². The van der Waals surface area contributed by atoms with Gasteiger partial charge in [-0.25, -0.2) is 0 Å². The Morgan fingerprint density at radius 1 is 0.136 bits per heavy atom. The SMILES string of the molecule is OC[C@H]1OC2OC3[C@@H](CO)OC(OC4[C@@H](CO)OC(OC5[C@@H](CO)OC(OC6[C@@H](CO)OC(OC7[C@@H](CO)OC(OC8[C@@H](CO)OC(O[C@H]9[C@H](O)[C@@H](O)C(OC1[C@H](O)[C@H]2O)O[C@@H]9CO)[C@H](O)[C@H]8O)[C@H](O)[C@H]7O)[C@H](O)[C@H]6O)[C@H](O)[C@H]5O)[C@H](O)[C@H]4O)[C@H](O)[C@H]3O. The molecule has 0 spiro atoms. The molecule has 0 aromatic heterocycles. The summed E-state index contributed by atoms with van der Waals surface area (Å²) in [5, 5.41) is 265. The van der Waals surface area contributed by atoms with E-state index in [2.05, 4.69) is 0 Å². The number of aliphatic hydroxyl groups excluding tert-OH is 24. The largest absolute Gasteiger partial charge is 0.394 e. The van der Waals surface area contributed by atoms with Gasteiger partial charge in [0, 0.05) is 0 Å². The van der Waals surface area contributed by atoms with Crippen LogP contribution in [0.15, 0.2) is 0 Å². The van der Waals surface area contributed by atoms with Crippen LogP contribution in [-0.2, 0) is 75.8 Å². The summed E-state index contributed by atoms with van der Waals surface area (Å²) in [5.74, 6) is 0. The third kappa shape index (κ3) is 13.8. The zero-order valence-corrected chi connectivity index (χ0v) is 46.0. The van der Waals surface area contributed by atoms with Gasteiger partial charge in [-0.05, 0) is 0 Å². The fourth-order valence-electron chi connectivity index (χ4n) is 11.9. The van der Waals surface area contributed by atoms with E-state index in [1.807, 2.05) is 0 Å². The Kier molecular flexibility index (Phi) is 24.1. The Labute approximate surface area is 496 Å². The standard InChI is InChI=1S/C48H80O40/c49-1-9-33-17(57)25(65)41(73-9)82-34-10(2-50)75-43(27(67)19(34)59)84-36-12(4-52)77-45(29(69)21(36)61)86-38-14(6-54)79-47(31(71)23(38)63)88-40-16(8-56)80-48(32(72)24(40)64)87-39-15(7-55)78-46(30(70)22(39)62)85-37-13(5-53)76-44(28(68)20(37)60)83-35-11(3-51)74-42(81-33)26(66)18(35)58/h9-72H,1-8H2/t9-,10-,11-,12-,13-,14-,15-,16-,17-,18-,19-,20-,21-,22-,23-,24-,25-,26-,27-,28-,29-,30-,31-,32-,33-,34?,35?,36?,37?,38?,39?,40?,41?,42?,43?,44?,45?,46?,47?,48?/m1/s1. The van der Waals surface area contributed by atoms with E-state index in [1.165, 1.54) is 0 Å². The van der Waals surface area contributed by atoms with Crippen molar-refractivity contribution in [2.45, 2.75) is 246 Å². The summed E-state index contributed by atoms with van der Waals surface area (Å²) in [6.07, 6.45) is -82.0. The maximum absolute atomic E-state index is 11.4. The summed E-state index contributed by atoms with van der Waals surface area (Å²) in [5.41, 5.74) is 0. The molecule has 0 radical (unpaired) electrons. The fourth-order valence-corrected chi connectivity index (χ4v) is 11.9. The highest BCUT2D eigenvalue weighted by atomic mass is 16.8. The van der Waals surface area contributed by atoms with Gasteiger partial charge in [-0.1, -0.05) is 0 Å². The normalized spacial score (nSPS) is 55.4. The van der Waals surface area contributed by atoms with Crippen molar-refractivity contribution < 1.29 is 198 Å². The lowest BCUT2D eigenvalue weighted by Crippen LogP contribution is -2.69. The van der Waals surface area contributed by atoms with Gasteiger partial charge in [0.05, 0.1) is 52.9 Å². The minimum absolute atomic E-state index is 1.08. The quantitative estimate of drug-likeness (QED) is 0.107. The lowest BCUT2D eigenvalue weighted by molar-refractivity contribution is -0.404. The molecule has 30 fully saturated rings. The van der Waals surface area contributed by atoms with E-state index in [0.717, 1.165) is 0 Å². The van der Waals surface area contributed by atoms with Crippen molar-refractivity contribution in [3.63, 3.8) is 0 Å². The van der Waals surface area contributed by atoms with Crippen molar-refractivity contribution >= 4 is 0 Å². The van der Waals surface area contributed by atoms with Gasteiger partial charge in [0.15, 0.2) is 50.3 Å². The van der Waals surface area contributed by atoms with Crippen LogP contribution in [-0.4, -0.2) is 421 Å². The maximum Gasteiger partial charge on any atom is 0.187 e. The predicted molar refractivity (Wildman–Crippen MR) is 261 cm³/mol. The summed E-state index contributed by atoms with van der Waals surface area (Å²) < 4.78 is 91.1. The Morgan fingerprint density at radius 3 is 0.307 bits per heavy atom. The molecule has 30 saturated heterocycles. The summed E-state index contributed by atoms with van der Waals surface area (Å²) >= 11 is 0. The average Bonchev–Trinajstić information content (AvgIpc) is 1.56. The van der Waals surface area contributed by atoms with Crippen LogP contribution in [0.25, 0.3) is 0 Å². The molecule has 0 amide bonds. The third-order valence-corrected chi connectivity index (χ3v) is 16.9. The number of ether oxygens (including phenoxy) is 16. The molecule has 88 heavy (non-hydrogen) atoms. The molecule has 40 atom stereocenters. The highest BCUT2D eigenvalue weighted by molar-refractivity contribution is 5.02. The van der Waals surface area contributed by atoms with Crippen LogP contribution in [0.4, 0.5) is 0 Å². The topological polar surface area (TPSA) is 633 Å². The van der Waals surface area contributed by atoms with Crippen LogP contribution in [0.3, 0.4) is 0 Å². The van der Waals surface area contributed by atoms with E-state index in [9.17, 15) is 123 Å². The zero-order valence-electron chi connectivity index (χ0n) is 46.0. The fraction of sp³-hybridized carbons (Fsp3) is 1.00. The first-order valence-electron chi connectivity index (χ1n) is 28.1. The van der Waals surface area contributed by atoms with E-state index in [1.54, 1.807) is 0 Å². The minimum Gasteiger partial charge on any atom is -0.394 e. The highest BCUT2D eigenvalue weighted by Gasteiger charge is 2.60. The van der Waals surface area contributed by atoms with Gasteiger partial charge in [-0.2, -0.15) is 0 Å². The molecule has 512 valence electrons. The molecule has 16 bridgehead atoms. The second-order valence-electron chi connectivity index (χ2n) is 22.5. The summed E-state index contributed by atoms with van der Waals surface area (Å²) in [6.45, 7) is -8.64. The molecule has 30 aliphatic rings. The molecule has 0 aromatic carbocycles. The molecule has 30 heterocycles. The molecule has 15 unspecified atom stereocenters. The Bertz CT molecular complexity index is 1700.